The molecule has 6 atom stereocenters. The fourth-order valence-corrected chi connectivity index (χ4v) is 4.40. The van der Waals surface area contributed by atoms with Gasteiger partial charge in [0.05, 0.1) is 12.2 Å². The molecular weight excluding hydrogens is 391 g/mol. The summed E-state index contributed by atoms with van der Waals surface area (Å²) in [7, 11) is 0. The molecule has 0 saturated heterocycles. The summed E-state index contributed by atoms with van der Waals surface area (Å²) in [5.41, 5.74) is 2.06. The van der Waals surface area contributed by atoms with E-state index in [9.17, 15) is 20.1 Å². The predicted molar refractivity (Wildman–Crippen MR) is 108 cm³/mol. The van der Waals surface area contributed by atoms with Gasteiger partial charge < -0.3 is 24.9 Å². The molecule has 1 aromatic rings. The van der Waals surface area contributed by atoms with Crippen molar-refractivity contribution in [1.82, 2.24) is 0 Å². The molecule has 5 nitrogen and oxygen atoms in total. The quantitative estimate of drug-likeness (QED) is 0.319. The van der Waals surface area contributed by atoms with Crippen molar-refractivity contribution in [2.75, 3.05) is 0 Å². The SMILES string of the molecule is CC#CCC(C)[C@H](O)/C=C/C1[C@H](O)C[C@@H]2Oc3c(CCCC(=O)[O-])cccc3[C@H]12.[Na+]. The van der Waals surface area contributed by atoms with Gasteiger partial charge in [-0.1, -0.05) is 37.3 Å². The number of carbonyl (C=O) groups is 1. The fraction of sp³-hybridized carbons (Fsp3) is 0.542. The van der Waals surface area contributed by atoms with Crippen molar-refractivity contribution in [3.05, 3.63) is 41.5 Å². The summed E-state index contributed by atoms with van der Waals surface area (Å²) < 4.78 is 6.19. The topological polar surface area (TPSA) is 89.8 Å². The molecule has 30 heavy (non-hydrogen) atoms. The molecule has 0 spiro atoms. The van der Waals surface area contributed by atoms with E-state index in [1.54, 1.807) is 13.0 Å². The summed E-state index contributed by atoms with van der Waals surface area (Å²) in [6.45, 7) is 3.74. The number of aliphatic hydroxyl groups is 2. The number of benzene rings is 1. The van der Waals surface area contributed by atoms with E-state index in [-0.39, 0.29) is 59.8 Å². The Morgan fingerprint density at radius 2 is 2.20 bits per heavy atom. The molecular formula is C24H29NaO5. The summed E-state index contributed by atoms with van der Waals surface area (Å²) in [5.74, 6) is 5.56. The minimum Gasteiger partial charge on any atom is -0.550 e. The number of hydrogen-bond donors (Lipinski definition) is 2. The number of ether oxygens (including phenoxy) is 1. The molecule has 1 aromatic carbocycles. The molecule has 2 unspecified atom stereocenters. The van der Waals surface area contributed by atoms with E-state index in [1.807, 2.05) is 31.2 Å². The van der Waals surface area contributed by atoms with Crippen molar-refractivity contribution in [3.63, 3.8) is 0 Å². The molecule has 0 aromatic heterocycles. The minimum absolute atomic E-state index is 0. The molecule has 6 heteroatoms. The molecule has 2 N–H and O–H groups in total. The second-order valence-corrected chi connectivity index (χ2v) is 8.11. The number of carboxylic acid groups (broad SMARTS) is 1. The van der Waals surface area contributed by atoms with Gasteiger partial charge >= 0.3 is 29.6 Å². The molecule has 1 heterocycles. The maximum atomic E-state index is 10.7. The second kappa shape index (κ2) is 11.4. The van der Waals surface area contributed by atoms with E-state index >= 15 is 0 Å². The number of aliphatic hydroxyl groups excluding tert-OH is 2. The average Bonchev–Trinajstić information content (AvgIpc) is 3.19. The van der Waals surface area contributed by atoms with Gasteiger partial charge in [-0.15, -0.1) is 11.8 Å². The van der Waals surface area contributed by atoms with E-state index in [2.05, 4.69) is 11.8 Å². The van der Waals surface area contributed by atoms with Crippen molar-refractivity contribution in [2.24, 2.45) is 11.8 Å². The summed E-state index contributed by atoms with van der Waals surface area (Å²) in [6, 6.07) is 5.96. The zero-order valence-electron chi connectivity index (χ0n) is 18.0. The maximum absolute atomic E-state index is 10.7. The summed E-state index contributed by atoms with van der Waals surface area (Å²) >= 11 is 0. The summed E-state index contributed by atoms with van der Waals surface area (Å²) in [4.78, 5) is 10.7. The van der Waals surface area contributed by atoms with E-state index in [1.165, 1.54) is 0 Å². The van der Waals surface area contributed by atoms with E-state index in [0.717, 1.165) is 16.9 Å². The Morgan fingerprint density at radius 3 is 2.90 bits per heavy atom. The minimum atomic E-state index is -1.04. The first-order chi connectivity index (χ1) is 13.9. The number of fused-ring (bicyclic) bond motifs is 3. The fourth-order valence-electron chi connectivity index (χ4n) is 4.40. The zero-order valence-corrected chi connectivity index (χ0v) is 20.0. The number of hydrogen-bond acceptors (Lipinski definition) is 5. The van der Waals surface area contributed by atoms with Gasteiger partial charge in [0.2, 0.25) is 0 Å². The molecule has 3 rings (SSSR count). The Kier molecular flexibility index (Phi) is 9.46. The first-order valence-electron chi connectivity index (χ1n) is 10.3. The van der Waals surface area contributed by atoms with Gasteiger partial charge in [0.1, 0.15) is 11.9 Å². The Bertz CT molecular complexity index is 825. The summed E-state index contributed by atoms with van der Waals surface area (Å²) in [5, 5.41) is 31.7. The third kappa shape index (κ3) is 5.69. The molecule has 1 saturated carbocycles. The standard InChI is InChI=1S/C24H30O5.Na/c1-3-4-7-15(2)19(25)13-12-17-20(26)14-21-23(17)18-10-5-8-16(24(18)29-21)9-6-11-22(27)28;/h5,8,10,12-13,15,17,19-21,23,25-26H,6-7,9,11,14H2,1-2H3,(H,27,28);/q;+1/p-1/b13-12+;/t15?,17?,19-,20-,21+,23+;/m1./s1. The monoisotopic (exact) mass is 420 g/mol. The van der Waals surface area contributed by atoms with Crippen LogP contribution in [0.4, 0.5) is 0 Å². The van der Waals surface area contributed by atoms with Crippen molar-refractivity contribution < 1.29 is 54.4 Å². The second-order valence-electron chi connectivity index (χ2n) is 8.11. The Balaban J connectivity index is 0.00000320. The van der Waals surface area contributed by atoms with E-state index in [0.29, 0.717) is 25.7 Å². The Labute approximate surface area is 200 Å². The molecule has 1 aliphatic heterocycles. The van der Waals surface area contributed by atoms with Crippen LogP contribution in [-0.4, -0.2) is 34.5 Å². The predicted octanol–water partition coefficient (Wildman–Crippen LogP) is -1.04. The van der Waals surface area contributed by atoms with Crippen LogP contribution in [0, 0.1) is 23.7 Å². The van der Waals surface area contributed by atoms with Crippen LogP contribution in [-0.2, 0) is 11.2 Å². The Hall–Kier alpha value is -1.29. The molecule has 1 fully saturated rings. The van der Waals surface area contributed by atoms with Gasteiger partial charge in [0.25, 0.3) is 0 Å². The number of carboxylic acids is 1. The van der Waals surface area contributed by atoms with Crippen LogP contribution in [0.15, 0.2) is 30.4 Å². The third-order valence-electron chi connectivity index (χ3n) is 6.03. The number of para-hydroxylation sites is 1. The van der Waals surface area contributed by atoms with Crippen molar-refractivity contribution in [2.45, 2.75) is 70.2 Å². The maximum Gasteiger partial charge on any atom is 1.00 e. The van der Waals surface area contributed by atoms with E-state index < -0.39 is 18.2 Å². The van der Waals surface area contributed by atoms with Crippen LogP contribution in [0.2, 0.25) is 0 Å². The van der Waals surface area contributed by atoms with Crippen LogP contribution in [0.1, 0.15) is 56.6 Å². The van der Waals surface area contributed by atoms with Gasteiger partial charge in [-0.25, -0.2) is 0 Å². The molecule has 1 aliphatic carbocycles. The van der Waals surface area contributed by atoms with Gasteiger partial charge in [-0.2, -0.15) is 0 Å². The zero-order chi connectivity index (χ0) is 21.0. The van der Waals surface area contributed by atoms with Gasteiger partial charge in [0.15, 0.2) is 0 Å². The molecule has 0 amide bonds. The smallest absolute Gasteiger partial charge is 0.550 e. The van der Waals surface area contributed by atoms with Gasteiger partial charge in [0, 0.05) is 36.2 Å². The number of aliphatic carboxylic acids is 1. The molecule has 2 aliphatic rings. The number of carbonyl (C=O) groups excluding carboxylic acids is 1. The number of rotatable bonds is 8. The third-order valence-corrected chi connectivity index (χ3v) is 6.03. The summed E-state index contributed by atoms with van der Waals surface area (Å²) in [6.07, 6.45) is 4.80. The molecule has 156 valence electrons. The Morgan fingerprint density at radius 1 is 1.43 bits per heavy atom. The van der Waals surface area contributed by atoms with Crippen molar-refractivity contribution >= 4 is 5.97 Å². The first-order valence-corrected chi connectivity index (χ1v) is 10.3. The molecule has 0 radical (unpaired) electrons. The van der Waals surface area contributed by atoms with Gasteiger partial charge in [-0.3, -0.25) is 0 Å². The largest absolute Gasteiger partial charge is 1.00 e. The van der Waals surface area contributed by atoms with Gasteiger partial charge in [-0.05, 0) is 37.7 Å². The van der Waals surface area contributed by atoms with Crippen LogP contribution >= 0.6 is 0 Å². The van der Waals surface area contributed by atoms with Crippen LogP contribution < -0.4 is 39.4 Å². The molecule has 0 bridgehead atoms. The average molecular weight is 420 g/mol. The normalized spacial score (nSPS) is 26.0. The van der Waals surface area contributed by atoms with Crippen molar-refractivity contribution in [3.8, 4) is 17.6 Å². The van der Waals surface area contributed by atoms with Crippen LogP contribution in [0.25, 0.3) is 0 Å². The van der Waals surface area contributed by atoms with Crippen LogP contribution in [0.3, 0.4) is 0 Å². The van der Waals surface area contributed by atoms with Crippen LogP contribution in [0.5, 0.6) is 5.75 Å². The van der Waals surface area contributed by atoms with E-state index in [4.69, 9.17) is 4.74 Å². The van der Waals surface area contributed by atoms with Crippen molar-refractivity contribution in [1.29, 1.82) is 0 Å². The number of aryl methyl sites for hydroxylation is 1. The first kappa shape index (κ1) is 25.0.